The van der Waals surface area contributed by atoms with Crippen molar-refractivity contribution in [2.75, 3.05) is 31.6 Å². The Labute approximate surface area is 223 Å². The molecule has 3 aromatic heterocycles. The lowest BCUT2D eigenvalue weighted by atomic mass is 9.77. The molecule has 5 heterocycles. The van der Waals surface area contributed by atoms with E-state index in [0.717, 1.165) is 16.8 Å². The summed E-state index contributed by atoms with van der Waals surface area (Å²) in [6.07, 6.45) is 6.80. The summed E-state index contributed by atoms with van der Waals surface area (Å²) >= 11 is 0. The Balaban J connectivity index is 1.15. The van der Waals surface area contributed by atoms with Gasteiger partial charge in [-0.2, -0.15) is 5.10 Å². The highest BCUT2D eigenvalue weighted by Crippen LogP contribution is 2.44. The van der Waals surface area contributed by atoms with E-state index >= 15 is 0 Å². The zero-order valence-electron chi connectivity index (χ0n) is 21.3. The monoisotopic (exact) mass is 526 g/mol. The zero-order chi connectivity index (χ0) is 27.0. The van der Waals surface area contributed by atoms with Crippen LogP contribution in [-0.4, -0.2) is 73.8 Å². The van der Waals surface area contributed by atoms with Gasteiger partial charge < -0.3 is 19.5 Å². The highest BCUT2D eigenvalue weighted by molar-refractivity contribution is 6.01. The van der Waals surface area contributed by atoms with E-state index in [0.29, 0.717) is 50.3 Å². The van der Waals surface area contributed by atoms with Crippen molar-refractivity contribution in [3.05, 3.63) is 71.0 Å². The van der Waals surface area contributed by atoms with E-state index in [1.54, 1.807) is 53.7 Å². The van der Waals surface area contributed by atoms with Gasteiger partial charge in [-0.1, -0.05) is 6.07 Å². The van der Waals surface area contributed by atoms with Gasteiger partial charge in [-0.25, -0.2) is 0 Å². The molecular formula is C27H26N8O4. The average molecular weight is 527 g/mol. The Kier molecular flexibility index (Phi) is 6.14. The molecule has 2 fully saturated rings. The Bertz CT molecular complexity index is 1580. The van der Waals surface area contributed by atoms with Gasteiger partial charge in [-0.15, -0.1) is 10.2 Å². The number of methoxy groups -OCH3 is 1. The van der Waals surface area contributed by atoms with E-state index < -0.39 is 16.9 Å². The van der Waals surface area contributed by atoms with Crippen molar-refractivity contribution in [3.8, 4) is 28.4 Å². The molecule has 12 heteroatoms. The van der Waals surface area contributed by atoms with Crippen molar-refractivity contribution >= 4 is 17.5 Å². The average Bonchev–Trinajstić information content (AvgIpc) is 3.62. The van der Waals surface area contributed by atoms with Crippen LogP contribution in [-0.2, 0) is 4.79 Å². The molecule has 2 amide bonds. The maximum Gasteiger partial charge on any atom is 0.283 e. The predicted molar refractivity (Wildman–Crippen MR) is 141 cm³/mol. The number of ether oxygens (including phenoxy) is 1. The fraction of sp³-hybridized carbons (Fsp3) is 0.296. The largest absolute Gasteiger partial charge is 0.496 e. The summed E-state index contributed by atoms with van der Waals surface area (Å²) in [6.45, 7) is 1.29. The first-order valence-corrected chi connectivity index (χ1v) is 12.7. The lowest BCUT2D eigenvalue weighted by Crippen LogP contribution is -2.47. The lowest BCUT2D eigenvalue weighted by Gasteiger charge is -2.37. The molecule has 0 radical (unpaired) electrons. The number of rotatable bonds is 5. The van der Waals surface area contributed by atoms with Crippen LogP contribution in [0.5, 0.6) is 5.75 Å². The predicted octanol–water partition coefficient (Wildman–Crippen LogP) is 2.28. The first kappa shape index (κ1) is 24.5. The number of benzene rings is 1. The summed E-state index contributed by atoms with van der Waals surface area (Å²) in [6, 6.07) is 10.9. The second kappa shape index (κ2) is 9.78. The third kappa shape index (κ3) is 4.33. The molecule has 2 aliphatic heterocycles. The van der Waals surface area contributed by atoms with E-state index in [9.17, 15) is 14.4 Å². The maximum absolute atomic E-state index is 13.7. The molecule has 2 saturated heterocycles. The van der Waals surface area contributed by atoms with Gasteiger partial charge in [0, 0.05) is 54.9 Å². The minimum atomic E-state index is -0.619. The number of likely N-dealkylation sites (tertiary alicyclic amines) is 1. The molecule has 4 aromatic rings. The smallest absolute Gasteiger partial charge is 0.283 e. The van der Waals surface area contributed by atoms with Gasteiger partial charge in [0.15, 0.2) is 5.82 Å². The number of hydrogen-bond acceptors (Lipinski definition) is 8. The topological polar surface area (TPSA) is 150 Å². The molecule has 198 valence electrons. The number of carbonyl (C=O) groups excluding carboxylic acids is 2. The Morgan fingerprint density at radius 3 is 2.56 bits per heavy atom. The molecule has 2 aliphatic rings. The highest BCUT2D eigenvalue weighted by atomic mass is 16.5. The van der Waals surface area contributed by atoms with Crippen LogP contribution in [0.2, 0.25) is 0 Å². The summed E-state index contributed by atoms with van der Waals surface area (Å²) < 4.78 is 5.60. The number of nitrogens with one attached hydrogen (secondary N) is 2. The summed E-state index contributed by atoms with van der Waals surface area (Å²) in [5.74, 6) is 0.405. The Hall–Kier alpha value is -4.87. The van der Waals surface area contributed by atoms with Crippen LogP contribution in [0.15, 0.2) is 59.8 Å². The molecular weight excluding hydrogens is 500 g/mol. The number of piperidine rings is 1. The molecule has 12 nitrogen and oxygen atoms in total. The molecule has 0 saturated carbocycles. The van der Waals surface area contributed by atoms with Crippen molar-refractivity contribution < 1.29 is 14.3 Å². The first-order valence-electron chi connectivity index (χ1n) is 12.7. The zero-order valence-corrected chi connectivity index (χ0v) is 21.3. The maximum atomic E-state index is 13.7. The second-order valence-corrected chi connectivity index (χ2v) is 9.72. The summed E-state index contributed by atoms with van der Waals surface area (Å²) in [5, 5.41) is 14.7. The first-order chi connectivity index (χ1) is 19.0. The van der Waals surface area contributed by atoms with Crippen LogP contribution >= 0.6 is 0 Å². The number of amides is 2. The van der Waals surface area contributed by atoms with Crippen molar-refractivity contribution in [2.24, 2.45) is 5.41 Å². The van der Waals surface area contributed by atoms with Gasteiger partial charge >= 0.3 is 0 Å². The molecule has 2 N–H and O–H groups in total. The molecule has 1 spiro atoms. The van der Waals surface area contributed by atoms with Crippen LogP contribution in [0.3, 0.4) is 0 Å². The number of hydrogen-bond donors (Lipinski definition) is 2. The van der Waals surface area contributed by atoms with Crippen LogP contribution in [0.1, 0.15) is 29.8 Å². The van der Waals surface area contributed by atoms with Gasteiger partial charge in [-0.05, 0) is 43.5 Å². The number of pyridine rings is 1. The van der Waals surface area contributed by atoms with E-state index in [1.807, 2.05) is 18.2 Å². The molecule has 1 aromatic carbocycles. The van der Waals surface area contributed by atoms with Gasteiger partial charge in [0.05, 0.1) is 18.7 Å². The van der Waals surface area contributed by atoms with E-state index in [-0.39, 0.29) is 17.4 Å². The normalized spacial score (nSPS) is 16.6. The highest BCUT2D eigenvalue weighted by Gasteiger charge is 2.49. The SMILES string of the molecule is COc1cc(N2CCC3(CCN(C(=O)c4nnc(-c5ccccn5)[nH]c4=O)CC3)C2=O)ccc1-c1cn[nH]c1. The summed E-state index contributed by atoms with van der Waals surface area (Å²) in [7, 11) is 1.60. The van der Waals surface area contributed by atoms with Crippen LogP contribution < -0.4 is 15.2 Å². The molecule has 0 unspecified atom stereocenters. The number of aromatic nitrogens is 6. The van der Waals surface area contributed by atoms with Crippen LogP contribution in [0, 0.1) is 5.41 Å². The molecule has 6 rings (SSSR count). The summed E-state index contributed by atoms with van der Waals surface area (Å²) in [4.78, 5) is 49.5. The third-order valence-electron chi connectivity index (χ3n) is 7.63. The number of carbonyl (C=O) groups is 2. The van der Waals surface area contributed by atoms with Gasteiger partial charge in [0.1, 0.15) is 11.4 Å². The number of nitrogens with zero attached hydrogens (tertiary/aromatic N) is 6. The fourth-order valence-electron chi connectivity index (χ4n) is 5.40. The minimum Gasteiger partial charge on any atom is -0.496 e. The Morgan fingerprint density at radius 2 is 1.87 bits per heavy atom. The third-order valence-corrected chi connectivity index (χ3v) is 7.63. The fourth-order valence-corrected chi connectivity index (χ4v) is 5.40. The summed E-state index contributed by atoms with van der Waals surface area (Å²) in [5.41, 5.74) is 1.58. The van der Waals surface area contributed by atoms with Crippen molar-refractivity contribution in [1.29, 1.82) is 0 Å². The Morgan fingerprint density at radius 1 is 1.05 bits per heavy atom. The van der Waals surface area contributed by atoms with E-state index in [2.05, 4.69) is 30.4 Å². The quantitative estimate of drug-likeness (QED) is 0.402. The minimum absolute atomic E-state index is 0.0464. The van der Waals surface area contributed by atoms with Gasteiger partial charge in [0.2, 0.25) is 11.6 Å². The molecule has 0 bridgehead atoms. The molecule has 0 atom stereocenters. The van der Waals surface area contributed by atoms with Gasteiger partial charge in [0.25, 0.3) is 11.5 Å². The number of aromatic amines is 2. The van der Waals surface area contributed by atoms with Crippen molar-refractivity contribution in [1.82, 2.24) is 35.3 Å². The number of anilines is 1. The molecule has 39 heavy (non-hydrogen) atoms. The van der Waals surface area contributed by atoms with Crippen LogP contribution in [0.25, 0.3) is 22.6 Å². The van der Waals surface area contributed by atoms with E-state index in [4.69, 9.17) is 4.74 Å². The number of H-pyrrole nitrogens is 2. The van der Waals surface area contributed by atoms with E-state index in [1.165, 1.54) is 0 Å². The second-order valence-electron chi connectivity index (χ2n) is 9.72. The van der Waals surface area contributed by atoms with Crippen molar-refractivity contribution in [2.45, 2.75) is 19.3 Å². The van der Waals surface area contributed by atoms with Crippen molar-refractivity contribution in [3.63, 3.8) is 0 Å². The van der Waals surface area contributed by atoms with Gasteiger partial charge in [-0.3, -0.25) is 24.5 Å². The standard InChI is InChI=1S/C27H26N8O4/c1-39-21-14-18(5-6-19(21)17-15-29-30-16-17)35-13-9-27(26(35)38)7-11-34(12-8-27)25(37)22-24(36)31-23(33-32-22)20-4-2-3-10-28-20/h2-6,10,14-16H,7-9,11-13H2,1H3,(H,29,30)(H,31,33,36). The van der Waals surface area contributed by atoms with Crippen LogP contribution in [0.4, 0.5) is 5.69 Å². The molecule has 0 aliphatic carbocycles. The lowest BCUT2D eigenvalue weighted by molar-refractivity contribution is -0.127.